The molecule has 27 heavy (non-hydrogen) atoms. The van der Waals surface area contributed by atoms with Crippen molar-refractivity contribution < 1.29 is 0 Å². The lowest BCUT2D eigenvalue weighted by atomic mass is 9.98. The highest BCUT2D eigenvalue weighted by molar-refractivity contribution is 5.78. The highest BCUT2D eigenvalue weighted by Gasteiger charge is 2.09. The molecule has 132 valence electrons. The summed E-state index contributed by atoms with van der Waals surface area (Å²) in [5, 5.41) is 0. The summed E-state index contributed by atoms with van der Waals surface area (Å²) in [6.07, 6.45) is 5.70. The van der Waals surface area contributed by atoms with Gasteiger partial charge in [-0.2, -0.15) is 0 Å². The number of hydrogen-bond acceptors (Lipinski definition) is 3. The Balaban J connectivity index is 1.89. The molecule has 0 saturated carbocycles. The molecule has 0 atom stereocenters. The summed E-state index contributed by atoms with van der Waals surface area (Å²) in [5.41, 5.74) is 9.47. The Labute approximate surface area is 159 Å². The van der Waals surface area contributed by atoms with E-state index < -0.39 is 0 Å². The van der Waals surface area contributed by atoms with E-state index in [1.54, 1.807) is 0 Å². The van der Waals surface area contributed by atoms with Crippen LogP contribution in [0.1, 0.15) is 16.7 Å². The van der Waals surface area contributed by atoms with Crippen molar-refractivity contribution in [2.45, 2.75) is 20.8 Å². The molecule has 1 aromatic carbocycles. The fourth-order valence-electron chi connectivity index (χ4n) is 2.99. The highest BCUT2D eigenvalue weighted by atomic mass is 14.7. The van der Waals surface area contributed by atoms with Crippen LogP contribution in [0.2, 0.25) is 0 Å². The van der Waals surface area contributed by atoms with Gasteiger partial charge in [-0.3, -0.25) is 15.0 Å². The molecule has 3 aromatic heterocycles. The van der Waals surface area contributed by atoms with Gasteiger partial charge in [0, 0.05) is 35.3 Å². The van der Waals surface area contributed by atoms with E-state index in [0.717, 1.165) is 50.5 Å². The number of benzene rings is 1. The monoisotopic (exact) mass is 351 g/mol. The molecule has 0 aliphatic heterocycles. The van der Waals surface area contributed by atoms with E-state index in [0.29, 0.717) is 0 Å². The quantitative estimate of drug-likeness (QED) is 0.468. The number of aryl methyl sites for hydroxylation is 3. The van der Waals surface area contributed by atoms with Crippen LogP contribution in [-0.2, 0) is 0 Å². The number of nitrogens with zero attached hydrogens (tertiary/aromatic N) is 3. The van der Waals surface area contributed by atoms with Crippen LogP contribution in [0, 0.1) is 20.8 Å². The molecule has 3 heterocycles. The Morgan fingerprint density at radius 2 is 0.741 bits per heavy atom. The van der Waals surface area contributed by atoms with E-state index in [4.69, 9.17) is 0 Å². The van der Waals surface area contributed by atoms with Crippen molar-refractivity contribution in [3.05, 3.63) is 89.9 Å². The molecule has 3 nitrogen and oxygen atoms in total. The second-order valence-electron chi connectivity index (χ2n) is 6.96. The SMILES string of the molecule is Cc1ccc(-c2cc(-c3ccc(C)cn3)cc(-c3ccc(C)cn3)c2)nc1. The molecule has 0 radical (unpaired) electrons. The summed E-state index contributed by atoms with van der Waals surface area (Å²) < 4.78 is 0. The fourth-order valence-corrected chi connectivity index (χ4v) is 2.99. The minimum atomic E-state index is 0.947. The minimum Gasteiger partial charge on any atom is -0.256 e. The predicted octanol–water partition coefficient (Wildman–Crippen LogP) is 5.80. The number of aromatic nitrogens is 3. The Morgan fingerprint density at radius 1 is 0.444 bits per heavy atom. The second kappa shape index (κ2) is 7.12. The first-order chi connectivity index (χ1) is 13.1. The Morgan fingerprint density at radius 3 is 0.963 bits per heavy atom. The summed E-state index contributed by atoms with van der Waals surface area (Å²) in [6.45, 7) is 6.14. The Bertz CT molecular complexity index is 910. The van der Waals surface area contributed by atoms with Gasteiger partial charge in [0.25, 0.3) is 0 Å². The second-order valence-corrected chi connectivity index (χ2v) is 6.96. The van der Waals surface area contributed by atoms with Crippen LogP contribution in [0.25, 0.3) is 33.8 Å². The summed E-state index contributed by atoms with van der Waals surface area (Å²) in [6, 6.07) is 18.9. The van der Waals surface area contributed by atoms with Gasteiger partial charge in [0.15, 0.2) is 0 Å². The molecule has 0 aliphatic carbocycles. The van der Waals surface area contributed by atoms with Gasteiger partial charge in [-0.15, -0.1) is 0 Å². The van der Waals surface area contributed by atoms with Gasteiger partial charge in [-0.25, -0.2) is 0 Å². The first-order valence-corrected chi connectivity index (χ1v) is 9.03. The van der Waals surface area contributed by atoms with Gasteiger partial charge in [0.2, 0.25) is 0 Å². The standard InChI is InChI=1S/C24H21N3/c1-16-4-7-22(25-13-16)19-10-20(23-8-5-17(2)14-26-23)12-21(11-19)24-9-6-18(3)15-27-24/h4-15H,1-3H3. The van der Waals surface area contributed by atoms with Crippen LogP contribution in [-0.4, -0.2) is 15.0 Å². The van der Waals surface area contributed by atoms with E-state index >= 15 is 0 Å². The van der Waals surface area contributed by atoms with Crippen molar-refractivity contribution in [2.75, 3.05) is 0 Å². The van der Waals surface area contributed by atoms with Gasteiger partial charge in [-0.1, -0.05) is 18.2 Å². The van der Waals surface area contributed by atoms with E-state index in [1.165, 1.54) is 0 Å². The zero-order chi connectivity index (χ0) is 18.8. The molecular weight excluding hydrogens is 330 g/mol. The molecule has 0 unspecified atom stereocenters. The summed E-state index contributed by atoms with van der Waals surface area (Å²) in [5.74, 6) is 0. The number of hydrogen-bond donors (Lipinski definition) is 0. The van der Waals surface area contributed by atoms with Gasteiger partial charge in [0.05, 0.1) is 17.1 Å². The van der Waals surface area contributed by atoms with Crippen molar-refractivity contribution in [2.24, 2.45) is 0 Å². The smallest absolute Gasteiger partial charge is 0.0702 e. The lowest BCUT2D eigenvalue weighted by Gasteiger charge is -2.10. The maximum absolute atomic E-state index is 4.61. The molecule has 3 heteroatoms. The Kier molecular flexibility index (Phi) is 4.51. The highest BCUT2D eigenvalue weighted by Crippen LogP contribution is 2.31. The minimum absolute atomic E-state index is 0.947. The van der Waals surface area contributed by atoms with Gasteiger partial charge >= 0.3 is 0 Å². The topological polar surface area (TPSA) is 38.7 Å². The van der Waals surface area contributed by atoms with Crippen LogP contribution in [0.3, 0.4) is 0 Å². The fraction of sp³-hybridized carbons (Fsp3) is 0.125. The number of rotatable bonds is 3. The van der Waals surface area contributed by atoms with Crippen LogP contribution < -0.4 is 0 Å². The van der Waals surface area contributed by atoms with Crippen molar-refractivity contribution in [3.63, 3.8) is 0 Å². The largest absolute Gasteiger partial charge is 0.256 e. The molecule has 0 N–H and O–H groups in total. The van der Waals surface area contributed by atoms with Crippen molar-refractivity contribution in [3.8, 4) is 33.8 Å². The third kappa shape index (κ3) is 3.77. The maximum atomic E-state index is 4.61. The van der Waals surface area contributed by atoms with Gasteiger partial charge in [0.1, 0.15) is 0 Å². The molecule has 0 spiro atoms. The Hall–Kier alpha value is -3.33. The summed E-state index contributed by atoms with van der Waals surface area (Å²) in [7, 11) is 0. The van der Waals surface area contributed by atoms with Crippen LogP contribution >= 0.6 is 0 Å². The first-order valence-electron chi connectivity index (χ1n) is 9.03. The molecular formula is C24H21N3. The molecule has 0 bridgehead atoms. The normalized spacial score (nSPS) is 10.8. The lowest BCUT2D eigenvalue weighted by molar-refractivity contribution is 1.25. The molecule has 0 amide bonds. The van der Waals surface area contributed by atoms with Gasteiger partial charge in [-0.05, 0) is 73.9 Å². The molecule has 4 rings (SSSR count). The average Bonchev–Trinajstić information content (AvgIpc) is 2.69. The number of pyridine rings is 3. The van der Waals surface area contributed by atoms with Crippen LogP contribution in [0.15, 0.2) is 73.2 Å². The summed E-state index contributed by atoms with van der Waals surface area (Å²) in [4.78, 5) is 13.8. The molecule has 0 aliphatic rings. The van der Waals surface area contributed by atoms with E-state index in [-0.39, 0.29) is 0 Å². The zero-order valence-electron chi connectivity index (χ0n) is 15.8. The lowest BCUT2D eigenvalue weighted by Crippen LogP contribution is -1.91. The van der Waals surface area contributed by atoms with E-state index in [2.05, 4.69) is 69.5 Å². The van der Waals surface area contributed by atoms with Crippen LogP contribution in [0.5, 0.6) is 0 Å². The van der Waals surface area contributed by atoms with Gasteiger partial charge < -0.3 is 0 Å². The average molecular weight is 351 g/mol. The molecule has 0 saturated heterocycles. The van der Waals surface area contributed by atoms with E-state index in [1.807, 2.05) is 39.4 Å². The summed E-state index contributed by atoms with van der Waals surface area (Å²) >= 11 is 0. The van der Waals surface area contributed by atoms with E-state index in [9.17, 15) is 0 Å². The third-order valence-electron chi connectivity index (χ3n) is 4.55. The third-order valence-corrected chi connectivity index (χ3v) is 4.55. The predicted molar refractivity (Wildman–Crippen MR) is 110 cm³/mol. The zero-order valence-corrected chi connectivity index (χ0v) is 15.8. The molecule has 0 fully saturated rings. The van der Waals surface area contributed by atoms with Crippen LogP contribution in [0.4, 0.5) is 0 Å². The first kappa shape index (κ1) is 17.1. The maximum Gasteiger partial charge on any atom is 0.0702 e. The molecule has 4 aromatic rings. The van der Waals surface area contributed by atoms with Crippen molar-refractivity contribution in [1.82, 2.24) is 15.0 Å². The van der Waals surface area contributed by atoms with Crippen molar-refractivity contribution in [1.29, 1.82) is 0 Å². The van der Waals surface area contributed by atoms with Crippen molar-refractivity contribution >= 4 is 0 Å².